The predicted octanol–water partition coefficient (Wildman–Crippen LogP) is 2.24. The third-order valence-corrected chi connectivity index (χ3v) is 3.76. The highest BCUT2D eigenvalue weighted by Gasteiger charge is 2.05. The highest BCUT2D eigenvalue weighted by atomic mass is 79.9. The van der Waals surface area contributed by atoms with Gasteiger partial charge in [-0.25, -0.2) is 15.0 Å². The Balaban J connectivity index is 1.92. The number of nitrogens with zero attached hydrogens (tertiary/aromatic N) is 3. The molecule has 2 rings (SSSR count). The average Bonchev–Trinajstić information content (AvgIpc) is 2.70. The third-order valence-electron chi connectivity index (χ3n) is 2.16. The van der Waals surface area contributed by atoms with Gasteiger partial charge in [0.05, 0.1) is 10.7 Å². The summed E-state index contributed by atoms with van der Waals surface area (Å²) >= 11 is 5.01. The van der Waals surface area contributed by atoms with Crippen LogP contribution in [0, 0.1) is 6.92 Å². The van der Waals surface area contributed by atoms with E-state index < -0.39 is 0 Å². The molecule has 0 unspecified atom stereocenters. The van der Waals surface area contributed by atoms with Gasteiger partial charge in [-0.15, -0.1) is 11.3 Å². The number of thiazole rings is 1. The van der Waals surface area contributed by atoms with E-state index in [1.807, 2.05) is 6.92 Å². The summed E-state index contributed by atoms with van der Waals surface area (Å²) in [5.41, 5.74) is 6.75. The van der Waals surface area contributed by atoms with Crippen LogP contribution in [0.2, 0.25) is 0 Å². The molecule has 0 aliphatic heterocycles. The number of rotatable bonds is 4. The van der Waals surface area contributed by atoms with Crippen LogP contribution in [0.5, 0.6) is 0 Å². The first-order valence-electron chi connectivity index (χ1n) is 5.07. The van der Waals surface area contributed by atoms with E-state index in [1.54, 1.807) is 11.3 Å². The van der Waals surface area contributed by atoms with Gasteiger partial charge in [0.1, 0.15) is 22.4 Å². The minimum Gasteiger partial charge on any atom is -0.383 e. The predicted molar refractivity (Wildman–Crippen MR) is 73.2 cm³/mol. The summed E-state index contributed by atoms with van der Waals surface area (Å²) in [6, 6.07) is 0. The minimum absolute atomic E-state index is 0.437. The number of aromatic nitrogens is 3. The first-order valence-corrected chi connectivity index (χ1v) is 6.75. The quantitative estimate of drug-likeness (QED) is 0.905. The summed E-state index contributed by atoms with van der Waals surface area (Å²) in [4.78, 5) is 12.4. The summed E-state index contributed by atoms with van der Waals surface area (Å²) in [7, 11) is 0. The molecule has 0 aromatic carbocycles. The Bertz CT molecular complexity index is 513. The largest absolute Gasteiger partial charge is 0.383 e. The van der Waals surface area contributed by atoms with Crippen molar-refractivity contribution in [2.45, 2.75) is 13.3 Å². The lowest BCUT2D eigenvalue weighted by atomic mass is 10.3. The fraction of sp³-hybridized carbons (Fsp3) is 0.300. The van der Waals surface area contributed by atoms with Crippen molar-refractivity contribution in [3.63, 3.8) is 0 Å². The highest BCUT2D eigenvalue weighted by Crippen LogP contribution is 2.23. The van der Waals surface area contributed by atoms with Crippen molar-refractivity contribution < 1.29 is 0 Å². The number of halogens is 1. The van der Waals surface area contributed by atoms with Crippen molar-refractivity contribution in [1.82, 2.24) is 15.0 Å². The van der Waals surface area contributed by atoms with Gasteiger partial charge in [0, 0.05) is 18.3 Å². The van der Waals surface area contributed by atoms with Crippen LogP contribution < -0.4 is 11.1 Å². The maximum absolute atomic E-state index is 5.66. The van der Waals surface area contributed by atoms with E-state index in [9.17, 15) is 0 Å². The van der Waals surface area contributed by atoms with Gasteiger partial charge in [0.25, 0.3) is 0 Å². The zero-order valence-corrected chi connectivity index (χ0v) is 11.7. The lowest BCUT2D eigenvalue weighted by Crippen LogP contribution is -2.08. The monoisotopic (exact) mass is 313 g/mol. The van der Waals surface area contributed by atoms with Crippen LogP contribution in [0.25, 0.3) is 0 Å². The molecular weight excluding hydrogens is 302 g/mol. The van der Waals surface area contributed by atoms with Crippen LogP contribution in [-0.2, 0) is 6.42 Å². The van der Waals surface area contributed by atoms with Gasteiger partial charge in [0.2, 0.25) is 0 Å². The van der Waals surface area contributed by atoms with Crippen molar-refractivity contribution in [1.29, 1.82) is 0 Å². The zero-order valence-electron chi connectivity index (χ0n) is 9.27. The first-order chi connectivity index (χ1) is 8.16. The first kappa shape index (κ1) is 12.3. The number of anilines is 2. The molecule has 0 aliphatic carbocycles. The second-order valence-corrected chi connectivity index (χ2v) is 5.31. The molecule has 2 aromatic rings. The molecule has 0 radical (unpaired) electrons. The molecule has 0 amide bonds. The molecule has 90 valence electrons. The summed E-state index contributed by atoms with van der Waals surface area (Å²) in [6.07, 6.45) is 2.30. The van der Waals surface area contributed by atoms with E-state index in [0.717, 1.165) is 23.7 Å². The molecule has 7 heteroatoms. The smallest absolute Gasteiger partial charge is 0.145 e. The Morgan fingerprint density at radius 1 is 1.47 bits per heavy atom. The molecule has 5 nitrogen and oxygen atoms in total. The fourth-order valence-electron chi connectivity index (χ4n) is 1.34. The number of aryl methyl sites for hydroxylation is 1. The number of hydrogen-bond donors (Lipinski definition) is 2. The van der Waals surface area contributed by atoms with Gasteiger partial charge in [-0.05, 0) is 22.9 Å². The average molecular weight is 314 g/mol. The summed E-state index contributed by atoms with van der Waals surface area (Å²) in [6.45, 7) is 2.77. The lowest BCUT2D eigenvalue weighted by molar-refractivity contribution is 0.955. The second kappa shape index (κ2) is 5.42. The number of nitrogens with two attached hydrogens (primary N) is 1. The maximum atomic E-state index is 5.66. The number of hydrogen-bond acceptors (Lipinski definition) is 6. The highest BCUT2D eigenvalue weighted by molar-refractivity contribution is 9.10. The van der Waals surface area contributed by atoms with E-state index in [1.165, 1.54) is 6.33 Å². The normalized spacial score (nSPS) is 10.5. The maximum Gasteiger partial charge on any atom is 0.145 e. The standard InChI is InChI=1S/C10H12BrN5S/c1-6-16-7(4-17-6)2-3-13-10-8(11)9(12)14-5-15-10/h4-5H,2-3H2,1H3,(H3,12,13,14,15). The van der Waals surface area contributed by atoms with E-state index in [0.29, 0.717) is 16.1 Å². The molecule has 17 heavy (non-hydrogen) atoms. The van der Waals surface area contributed by atoms with Crippen LogP contribution in [-0.4, -0.2) is 21.5 Å². The van der Waals surface area contributed by atoms with E-state index in [2.05, 4.69) is 41.6 Å². The number of nitrogen functional groups attached to an aromatic ring is 1. The molecule has 0 fully saturated rings. The van der Waals surface area contributed by atoms with Crippen molar-refractivity contribution in [2.75, 3.05) is 17.6 Å². The van der Waals surface area contributed by atoms with Gasteiger partial charge in [0.15, 0.2) is 0 Å². The van der Waals surface area contributed by atoms with E-state index >= 15 is 0 Å². The van der Waals surface area contributed by atoms with Crippen LogP contribution in [0.4, 0.5) is 11.6 Å². The van der Waals surface area contributed by atoms with Gasteiger partial charge >= 0.3 is 0 Å². The van der Waals surface area contributed by atoms with E-state index in [4.69, 9.17) is 5.73 Å². The van der Waals surface area contributed by atoms with Gasteiger partial charge in [-0.1, -0.05) is 0 Å². The Morgan fingerprint density at radius 2 is 2.29 bits per heavy atom. The number of nitrogens with one attached hydrogen (secondary N) is 1. The molecule has 0 saturated heterocycles. The molecule has 0 spiro atoms. The molecule has 0 atom stereocenters. The Hall–Kier alpha value is -1.21. The van der Waals surface area contributed by atoms with Crippen molar-refractivity contribution in [2.24, 2.45) is 0 Å². The van der Waals surface area contributed by atoms with E-state index in [-0.39, 0.29) is 0 Å². The molecule has 0 bridgehead atoms. The lowest BCUT2D eigenvalue weighted by Gasteiger charge is -2.07. The SMILES string of the molecule is Cc1nc(CCNc2ncnc(N)c2Br)cs1. The van der Waals surface area contributed by atoms with Gasteiger partial charge < -0.3 is 11.1 Å². The molecule has 0 saturated carbocycles. The summed E-state index contributed by atoms with van der Waals surface area (Å²) < 4.78 is 0.703. The topological polar surface area (TPSA) is 76.7 Å². The molecule has 2 heterocycles. The Morgan fingerprint density at radius 3 is 3.00 bits per heavy atom. The third kappa shape index (κ3) is 3.13. The zero-order chi connectivity index (χ0) is 12.3. The summed E-state index contributed by atoms with van der Waals surface area (Å²) in [5.74, 6) is 1.15. The molecule has 2 aromatic heterocycles. The Labute approximate surface area is 112 Å². The Kier molecular flexibility index (Phi) is 3.90. The van der Waals surface area contributed by atoms with Crippen LogP contribution >= 0.6 is 27.3 Å². The van der Waals surface area contributed by atoms with Gasteiger partial charge in [-0.2, -0.15) is 0 Å². The fourth-order valence-corrected chi connectivity index (χ4v) is 2.33. The van der Waals surface area contributed by atoms with Crippen LogP contribution in [0.3, 0.4) is 0 Å². The minimum atomic E-state index is 0.437. The second-order valence-electron chi connectivity index (χ2n) is 3.46. The molecular formula is C10H12BrN5S. The van der Waals surface area contributed by atoms with Gasteiger partial charge in [-0.3, -0.25) is 0 Å². The van der Waals surface area contributed by atoms with Crippen LogP contribution in [0.15, 0.2) is 16.2 Å². The summed E-state index contributed by atoms with van der Waals surface area (Å²) in [5, 5.41) is 6.36. The van der Waals surface area contributed by atoms with Crippen molar-refractivity contribution in [3.05, 3.63) is 26.9 Å². The molecule has 3 N–H and O–H groups in total. The van der Waals surface area contributed by atoms with Crippen molar-refractivity contribution >= 4 is 38.9 Å². The van der Waals surface area contributed by atoms with Crippen molar-refractivity contribution in [3.8, 4) is 0 Å². The molecule has 0 aliphatic rings. The van der Waals surface area contributed by atoms with Crippen LogP contribution in [0.1, 0.15) is 10.7 Å².